The van der Waals surface area contributed by atoms with E-state index >= 15 is 0 Å². The van der Waals surface area contributed by atoms with Gasteiger partial charge in [0.15, 0.2) is 5.69 Å². The first-order valence-corrected chi connectivity index (χ1v) is 8.04. The normalized spacial score (nSPS) is 14.6. The van der Waals surface area contributed by atoms with Crippen molar-refractivity contribution in [2.45, 2.75) is 31.5 Å². The first kappa shape index (κ1) is 17.9. The highest BCUT2D eigenvalue weighted by Crippen LogP contribution is 2.46. The predicted octanol–water partition coefficient (Wildman–Crippen LogP) is 4.43. The number of amides is 1. The van der Waals surface area contributed by atoms with E-state index in [1.54, 1.807) is 0 Å². The molecule has 3 rings (SSSR count). The molecule has 0 unspecified atom stereocenters. The molecule has 1 aromatic heterocycles. The number of alkyl halides is 3. The molecule has 0 aliphatic heterocycles. The van der Waals surface area contributed by atoms with Gasteiger partial charge in [-0.1, -0.05) is 23.2 Å². The lowest BCUT2D eigenvalue weighted by Gasteiger charge is -2.10. The number of carbonyl (C=O) groups is 1. The van der Waals surface area contributed by atoms with Crippen LogP contribution in [-0.4, -0.2) is 20.8 Å². The maximum atomic E-state index is 13.0. The summed E-state index contributed by atoms with van der Waals surface area (Å²) < 4.78 is 40.0. The predicted molar refractivity (Wildman–Crippen MR) is 86.0 cm³/mol. The van der Waals surface area contributed by atoms with E-state index in [0.29, 0.717) is 12.8 Å². The molecule has 134 valence electrons. The van der Waals surface area contributed by atoms with Crippen LogP contribution in [-0.2, 0) is 17.5 Å². The Morgan fingerprint density at radius 2 is 2.04 bits per heavy atom. The van der Waals surface area contributed by atoms with E-state index in [2.05, 4.69) is 10.4 Å². The van der Waals surface area contributed by atoms with Crippen LogP contribution >= 0.6 is 23.2 Å². The Morgan fingerprint density at radius 1 is 1.36 bits per heavy atom. The van der Waals surface area contributed by atoms with Crippen LogP contribution in [0.5, 0.6) is 5.75 Å². The Labute approximate surface area is 150 Å². The van der Waals surface area contributed by atoms with Crippen molar-refractivity contribution in [1.29, 1.82) is 0 Å². The molecule has 0 saturated heterocycles. The van der Waals surface area contributed by atoms with E-state index in [1.165, 1.54) is 18.2 Å². The third-order valence-corrected chi connectivity index (χ3v) is 4.30. The molecule has 2 N–H and O–H groups in total. The van der Waals surface area contributed by atoms with Crippen LogP contribution in [0.2, 0.25) is 10.0 Å². The molecule has 2 aromatic rings. The molecule has 0 spiro atoms. The molecule has 1 fully saturated rings. The monoisotopic (exact) mass is 393 g/mol. The minimum absolute atomic E-state index is 0.0553. The van der Waals surface area contributed by atoms with E-state index in [9.17, 15) is 23.1 Å². The van der Waals surface area contributed by atoms with Crippen molar-refractivity contribution < 1.29 is 23.1 Å². The zero-order chi connectivity index (χ0) is 18.4. The SMILES string of the molecule is O=C(Cn1nc(C(F)(F)F)c(Cl)c1C1CC1)Nc1cc(Cl)ccc1O. The summed E-state index contributed by atoms with van der Waals surface area (Å²) in [7, 11) is 0. The van der Waals surface area contributed by atoms with Crippen LogP contribution in [0.3, 0.4) is 0 Å². The van der Waals surface area contributed by atoms with E-state index in [4.69, 9.17) is 23.2 Å². The molecule has 10 heteroatoms. The summed E-state index contributed by atoms with van der Waals surface area (Å²) in [4.78, 5) is 12.2. The fourth-order valence-corrected chi connectivity index (χ4v) is 3.00. The number of hydrogen-bond acceptors (Lipinski definition) is 3. The van der Waals surface area contributed by atoms with Crippen LogP contribution in [0, 0.1) is 0 Å². The number of nitrogens with one attached hydrogen (secondary N) is 1. The number of halogens is 5. The Balaban J connectivity index is 1.85. The third kappa shape index (κ3) is 3.85. The highest BCUT2D eigenvalue weighted by atomic mass is 35.5. The first-order valence-electron chi connectivity index (χ1n) is 7.28. The zero-order valence-corrected chi connectivity index (χ0v) is 14.1. The van der Waals surface area contributed by atoms with Gasteiger partial charge >= 0.3 is 6.18 Å². The molecule has 1 aromatic carbocycles. The van der Waals surface area contributed by atoms with Gasteiger partial charge in [0.05, 0.1) is 16.4 Å². The second-order valence-corrected chi connectivity index (χ2v) is 6.50. The number of anilines is 1. The summed E-state index contributed by atoms with van der Waals surface area (Å²) >= 11 is 11.6. The number of hydrogen-bond donors (Lipinski definition) is 2. The minimum Gasteiger partial charge on any atom is -0.506 e. The molecular formula is C15H12Cl2F3N3O2. The number of phenolic OH excluding ortho intramolecular Hbond substituents is 1. The molecule has 0 radical (unpaired) electrons. The molecule has 1 heterocycles. The summed E-state index contributed by atoms with van der Waals surface area (Å²) in [5.41, 5.74) is -0.936. The number of phenols is 1. The smallest absolute Gasteiger partial charge is 0.436 e. The lowest BCUT2D eigenvalue weighted by Crippen LogP contribution is -2.21. The van der Waals surface area contributed by atoms with Gasteiger partial charge in [-0.3, -0.25) is 9.48 Å². The van der Waals surface area contributed by atoms with E-state index in [0.717, 1.165) is 4.68 Å². The Hall–Kier alpha value is -1.93. The van der Waals surface area contributed by atoms with Crippen molar-refractivity contribution in [2.24, 2.45) is 0 Å². The average Bonchev–Trinajstić information content (AvgIpc) is 3.26. The third-order valence-electron chi connectivity index (χ3n) is 3.69. The molecule has 1 aliphatic rings. The number of aromatic hydroxyl groups is 1. The minimum atomic E-state index is -4.70. The zero-order valence-electron chi connectivity index (χ0n) is 12.6. The maximum Gasteiger partial charge on any atom is 0.436 e. The van der Waals surface area contributed by atoms with Gasteiger partial charge < -0.3 is 10.4 Å². The van der Waals surface area contributed by atoms with Gasteiger partial charge in [0, 0.05) is 10.9 Å². The molecule has 25 heavy (non-hydrogen) atoms. The summed E-state index contributed by atoms with van der Waals surface area (Å²) in [5.74, 6) is -1.01. The van der Waals surface area contributed by atoms with Gasteiger partial charge in [-0.2, -0.15) is 18.3 Å². The van der Waals surface area contributed by atoms with Gasteiger partial charge in [-0.05, 0) is 31.0 Å². The number of aromatic nitrogens is 2. The summed E-state index contributed by atoms with van der Waals surface area (Å²) in [6.45, 7) is -0.465. The maximum absolute atomic E-state index is 13.0. The largest absolute Gasteiger partial charge is 0.506 e. The van der Waals surface area contributed by atoms with Crippen molar-refractivity contribution in [3.63, 3.8) is 0 Å². The van der Waals surface area contributed by atoms with Gasteiger partial charge in [0.25, 0.3) is 0 Å². The summed E-state index contributed by atoms with van der Waals surface area (Å²) in [5, 5.41) is 15.4. The lowest BCUT2D eigenvalue weighted by atomic mass is 10.2. The van der Waals surface area contributed by atoms with E-state index in [1.807, 2.05) is 0 Å². The Kier molecular flexibility index (Phi) is 4.59. The number of rotatable bonds is 4. The summed E-state index contributed by atoms with van der Waals surface area (Å²) in [6.07, 6.45) is -3.31. The van der Waals surface area contributed by atoms with Crippen LogP contribution in [0.25, 0.3) is 0 Å². The number of carbonyl (C=O) groups excluding carboxylic acids is 1. The topological polar surface area (TPSA) is 67.2 Å². The van der Waals surface area contributed by atoms with Crippen molar-refractivity contribution in [3.8, 4) is 5.75 Å². The fourth-order valence-electron chi connectivity index (χ4n) is 2.44. The van der Waals surface area contributed by atoms with Crippen LogP contribution in [0.15, 0.2) is 18.2 Å². The van der Waals surface area contributed by atoms with Gasteiger partial charge in [-0.25, -0.2) is 0 Å². The lowest BCUT2D eigenvalue weighted by molar-refractivity contribution is -0.141. The molecule has 0 atom stereocenters. The average molecular weight is 394 g/mol. The second kappa shape index (κ2) is 6.42. The Morgan fingerprint density at radius 3 is 2.64 bits per heavy atom. The van der Waals surface area contributed by atoms with E-state index in [-0.39, 0.29) is 28.1 Å². The Bertz CT molecular complexity index is 832. The quantitative estimate of drug-likeness (QED) is 0.754. The van der Waals surface area contributed by atoms with Crippen molar-refractivity contribution in [2.75, 3.05) is 5.32 Å². The number of nitrogens with zero attached hydrogens (tertiary/aromatic N) is 2. The highest BCUT2D eigenvalue weighted by molar-refractivity contribution is 6.32. The molecule has 0 bridgehead atoms. The van der Waals surface area contributed by atoms with Crippen molar-refractivity contribution >= 4 is 34.8 Å². The fraction of sp³-hybridized carbons (Fsp3) is 0.333. The van der Waals surface area contributed by atoms with Gasteiger partial charge in [0.2, 0.25) is 5.91 Å². The van der Waals surface area contributed by atoms with Crippen LogP contribution in [0.1, 0.15) is 30.1 Å². The standard InChI is InChI=1S/C15H12Cl2F3N3O2/c16-8-3-4-10(24)9(5-8)21-11(25)6-23-13(7-1-2-7)12(17)14(22-23)15(18,19)20/h3-5,7,24H,1-2,6H2,(H,21,25). The van der Waals surface area contributed by atoms with Crippen molar-refractivity contribution in [1.82, 2.24) is 9.78 Å². The highest BCUT2D eigenvalue weighted by Gasteiger charge is 2.42. The van der Waals surface area contributed by atoms with Crippen molar-refractivity contribution in [3.05, 3.63) is 39.6 Å². The van der Waals surface area contributed by atoms with Crippen LogP contribution in [0.4, 0.5) is 18.9 Å². The molecule has 1 aliphatic carbocycles. The second-order valence-electron chi connectivity index (χ2n) is 5.69. The molecule has 1 amide bonds. The molecular weight excluding hydrogens is 382 g/mol. The summed E-state index contributed by atoms with van der Waals surface area (Å²) in [6, 6.07) is 4.05. The molecule has 1 saturated carbocycles. The molecule has 5 nitrogen and oxygen atoms in total. The van der Waals surface area contributed by atoms with Gasteiger partial charge in [-0.15, -0.1) is 0 Å². The van der Waals surface area contributed by atoms with E-state index < -0.39 is 29.3 Å². The first-order chi connectivity index (χ1) is 11.7. The van der Waals surface area contributed by atoms with Gasteiger partial charge in [0.1, 0.15) is 12.3 Å². The number of benzene rings is 1. The van der Waals surface area contributed by atoms with Crippen LogP contribution < -0.4 is 5.32 Å².